The summed E-state index contributed by atoms with van der Waals surface area (Å²) in [6.45, 7) is 6.60. The number of aryl methyl sites for hydroxylation is 2. The van der Waals surface area contributed by atoms with Crippen LogP contribution in [0.5, 0.6) is 0 Å². The molecule has 2 aliphatic heterocycles. The number of rotatable bonds is 3. The Balaban J connectivity index is 1.43. The van der Waals surface area contributed by atoms with Crippen LogP contribution in [0.1, 0.15) is 49.4 Å². The van der Waals surface area contributed by atoms with Gasteiger partial charge in [-0.3, -0.25) is 14.5 Å². The number of carbonyl (C=O) groups excluding carboxylic acids is 2. The monoisotopic (exact) mass is 449 g/mol. The van der Waals surface area contributed by atoms with Gasteiger partial charge in [0, 0.05) is 47.9 Å². The van der Waals surface area contributed by atoms with Gasteiger partial charge in [-0.1, -0.05) is 36.4 Å². The smallest absolute Gasteiger partial charge is 0.262 e. The van der Waals surface area contributed by atoms with Crippen LogP contribution in [0.3, 0.4) is 0 Å². The lowest BCUT2D eigenvalue weighted by molar-refractivity contribution is 0.0995. The molecule has 0 saturated heterocycles. The highest BCUT2D eigenvalue weighted by Crippen LogP contribution is 2.33. The van der Waals surface area contributed by atoms with Crippen molar-refractivity contribution in [1.29, 1.82) is 0 Å². The summed E-state index contributed by atoms with van der Waals surface area (Å²) in [6.07, 6.45) is 6.94. The lowest BCUT2D eigenvalue weighted by atomic mass is 10.0. The van der Waals surface area contributed by atoms with E-state index in [2.05, 4.69) is 28.6 Å². The Labute approximate surface area is 200 Å². The van der Waals surface area contributed by atoms with Gasteiger partial charge < -0.3 is 10.2 Å². The summed E-state index contributed by atoms with van der Waals surface area (Å²) in [4.78, 5) is 30.5. The SMILES string of the molecule is Cc1cc(C(=O)N2C=C3CC=CN3Cc3ccccc32)ccc1NC(=O)c1cccc(C)c1C. The summed E-state index contributed by atoms with van der Waals surface area (Å²) in [7, 11) is 0. The molecule has 0 saturated carbocycles. The Hall–Kier alpha value is -4.12. The third kappa shape index (κ3) is 3.90. The molecule has 5 heteroatoms. The number of benzene rings is 3. The first-order valence-electron chi connectivity index (χ1n) is 11.5. The molecule has 1 N–H and O–H groups in total. The molecule has 34 heavy (non-hydrogen) atoms. The fraction of sp³-hybridized carbons (Fsp3) is 0.172. The molecule has 3 aromatic carbocycles. The van der Waals surface area contributed by atoms with Crippen molar-refractivity contribution in [3.8, 4) is 0 Å². The number of para-hydroxylation sites is 1. The first-order chi connectivity index (χ1) is 16.4. The number of hydrogen-bond donors (Lipinski definition) is 1. The minimum atomic E-state index is -0.150. The van der Waals surface area contributed by atoms with Crippen molar-refractivity contribution in [2.24, 2.45) is 0 Å². The van der Waals surface area contributed by atoms with Crippen LogP contribution < -0.4 is 10.2 Å². The molecule has 0 aromatic heterocycles. The Bertz CT molecular complexity index is 1370. The van der Waals surface area contributed by atoms with Gasteiger partial charge in [-0.25, -0.2) is 0 Å². The van der Waals surface area contributed by atoms with E-state index in [9.17, 15) is 9.59 Å². The number of nitrogens with zero attached hydrogens (tertiary/aromatic N) is 2. The predicted octanol–water partition coefficient (Wildman–Crippen LogP) is 6.09. The number of anilines is 2. The maximum atomic E-state index is 13.6. The molecular formula is C29H27N3O2. The second-order valence-corrected chi connectivity index (χ2v) is 8.87. The minimum Gasteiger partial charge on any atom is -0.346 e. The van der Waals surface area contributed by atoms with Crippen LogP contribution in [0.25, 0.3) is 0 Å². The third-order valence-electron chi connectivity index (χ3n) is 6.64. The van der Waals surface area contributed by atoms with Crippen LogP contribution in [-0.4, -0.2) is 16.7 Å². The first kappa shape index (κ1) is 21.7. The average Bonchev–Trinajstić information content (AvgIpc) is 3.20. The standard InChI is InChI=1S/C29H27N3O2/c1-19-8-6-11-25(21(19)3)28(33)30-26-14-13-22(16-20(26)2)29(34)32-18-24-10-7-15-31(24)17-23-9-4-5-12-27(23)32/h4-9,11-16,18H,10,17H2,1-3H3,(H,30,33). The number of amides is 2. The van der Waals surface area contributed by atoms with Gasteiger partial charge in [-0.05, 0) is 73.4 Å². The van der Waals surface area contributed by atoms with Crippen molar-refractivity contribution < 1.29 is 9.59 Å². The Morgan fingerprint density at radius 1 is 0.912 bits per heavy atom. The molecule has 0 fully saturated rings. The molecule has 0 spiro atoms. The van der Waals surface area contributed by atoms with Crippen molar-refractivity contribution in [2.45, 2.75) is 33.7 Å². The van der Waals surface area contributed by atoms with Gasteiger partial charge in [0.15, 0.2) is 0 Å². The van der Waals surface area contributed by atoms with Crippen LogP contribution in [-0.2, 0) is 6.54 Å². The normalized spacial score (nSPS) is 14.3. The maximum Gasteiger partial charge on any atom is 0.262 e. The highest BCUT2D eigenvalue weighted by atomic mass is 16.2. The Morgan fingerprint density at radius 3 is 2.56 bits per heavy atom. The van der Waals surface area contributed by atoms with Crippen LogP contribution in [0.4, 0.5) is 11.4 Å². The van der Waals surface area contributed by atoms with Crippen LogP contribution in [0.2, 0.25) is 0 Å². The molecule has 0 aliphatic carbocycles. The van der Waals surface area contributed by atoms with Gasteiger partial charge in [-0.15, -0.1) is 0 Å². The molecule has 0 radical (unpaired) electrons. The quantitative estimate of drug-likeness (QED) is 0.527. The van der Waals surface area contributed by atoms with Gasteiger partial charge in [0.25, 0.3) is 11.8 Å². The van der Waals surface area contributed by atoms with Crippen molar-refractivity contribution in [2.75, 3.05) is 10.2 Å². The summed E-state index contributed by atoms with van der Waals surface area (Å²) >= 11 is 0. The van der Waals surface area contributed by atoms with E-state index >= 15 is 0 Å². The number of hydrogen-bond acceptors (Lipinski definition) is 3. The van der Waals surface area contributed by atoms with Crippen molar-refractivity contribution in [3.05, 3.63) is 118 Å². The zero-order valence-corrected chi connectivity index (χ0v) is 19.6. The lowest BCUT2D eigenvalue weighted by Crippen LogP contribution is -2.26. The molecule has 5 rings (SSSR count). The molecule has 0 atom stereocenters. The van der Waals surface area contributed by atoms with E-state index in [0.29, 0.717) is 16.8 Å². The topological polar surface area (TPSA) is 52.7 Å². The van der Waals surface area contributed by atoms with Gasteiger partial charge in [-0.2, -0.15) is 0 Å². The number of carbonyl (C=O) groups is 2. The predicted molar refractivity (Wildman–Crippen MR) is 136 cm³/mol. The fourth-order valence-corrected chi connectivity index (χ4v) is 4.51. The number of nitrogens with one attached hydrogen (secondary N) is 1. The highest BCUT2D eigenvalue weighted by molar-refractivity contribution is 6.09. The summed E-state index contributed by atoms with van der Waals surface area (Å²) in [5.74, 6) is -0.243. The molecule has 0 bridgehead atoms. The van der Waals surface area contributed by atoms with E-state index < -0.39 is 0 Å². The van der Waals surface area contributed by atoms with E-state index in [4.69, 9.17) is 0 Å². The van der Waals surface area contributed by atoms with Crippen molar-refractivity contribution in [1.82, 2.24) is 4.90 Å². The maximum absolute atomic E-state index is 13.6. The first-order valence-corrected chi connectivity index (χ1v) is 11.5. The summed E-state index contributed by atoms with van der Waals surface area (Å²) in [5.41, 5.74) is 7.90. The second-order valence-electron chi connectivity index (χ2n) is 8.87. The molecule has 2 heterocycles. The molecule has 3 aromatic rings. The zero-order valence-electron chi connectivity index (χ0n) is 19.6. The fourth-order valence-electron chi connectivity index (χ4n) is 4.51. The van der Waals surface area contributed by atoms with E-state index in [1.807, 2.05) is 75.5 Å². The third-order valence-corrected chi connectivity index (χ3v) is 6.64. The summed E-state index contributed by atoms with van der Waals surface area (Å²) < 4.78 is 0. The number of allylic oxidation sites excluding steroid dienone is 1. The Morgan fingerprint density at radius 2 is 1.74 bits per heavy atom. The number of fused-ring (bicyclic) bond motifs is 2. The van der Waals surface area contributed by atoms with E-state index in [1.54, 1.807) is 11.0 Å². The van der Waals surface area contributed by atoms with Gasteiger partial charge in [0.05, 0.1) is 5.69 Å². The van der Waals surface area contributed by atoms with E-state index in [1.165, 1.54) is 0 Å². The van der Waals surface area contributed by atoms with Crippen molar-refractivity contribution in [3.63, 3.8) is 0 Å². The van der Waals surface area contributed by atoms with E-state index in [-0.39, 0.29) is 11.8 Å². The minimum absolute atomic E-state index is 0.0933. The van der Waals surface area contributed by atoms with Crippen molar-refractivity contribution >= 4 is 23.2 Å². The Kier molecular flexibility index (Phi) is 5.54. The second kappa shape index (κ2) is 8.67. The zero-order chi connectivity index (χ0) is 23.8. The molecule has 2 amide bonds. The molecule has 2 aliphatic rings. The van der Waals surface area contributed by atoms with Crippen LogP contribution >= 0.6 is 0 Å². The molecular weight excluding hydrogens is 422 g/mol. The largest absolute Gasteiger partial charge is 0.346 e. The molecule has 0 unspecified atom stereocenters. The molecule has 170 valence electrons. The van der Waals surface area contributed by atoms with Gasteiger partial charge >= 0.3 is 0 Å². The molecule has 5 nitrogen and oxygen atoms in total. The van der Waals surface area contributed by atoms with E-state index in [0.717, 1.165) is 46.6 Å². The lowest BCUT2D eigenvalue weighted by Gasteiger charge is -2.21. The van der Waals surface area contributed by atoms with Gasteiger partial charge in [0.2, 0.25) is 0 Å². The van der Waals surface area contributed by atoms with Gasteiger partial charge in [0.1, 0.15) is 0 Å². The van der Waals surface area contributed by atoms with Crippen LogP contribution in [0, 0.1) is 20.8 Å². The van der Waals surface area contributed by atoms with Crippen LogP contribution in [0.15, 0.2) is 84.8 Å². The highest BCUT2D eigenvalue weighted by Gasteiger charge is 2.26. The average molecular weight is 450 g/mol. The summed E-state index contributed by atoms with van der Waals surface area (Å²) in [5, 5.41) is 3.01. The summed E-state index contributed by atoms with van der Waals surface area (Å²) in [6, 6.07) is 19.2.